The molecule has 0 aliphatic heterocycles. The van der Waals surface area contributed by atoms with Gasteiger partial charge < -0.3 is 10.1 Å². The predicted octanol–water partition coefficient (Wildman–Crippen LogP) is 3.70. The lowest BCUT2D eigenvalue weighted by molar-refractivity contribution is -0.383. The second kappa shape index (κ2) is 6.20. The summed E-state index contributed by atoms with van der Waals surface area (Å²) < 4.78 is 0. The molecule has 3 rings (SSSR count). The van der Waals surface area contributed by atoms with Crippen molar-refractivity contribution < 1.29 is 14.8 Å². The fourth-order valence-corrected chi connectivity index (χ4v) is 2.92. The van der Waals surface area contributed by atoms with Gasteiger partial charge in [-0.3, -0.25) is 15.5 Å². The van der Waals surface area contributed by atoms with Crippen molar-refractivity contribution in [1.29, 1.82) is 5.41 Å². The number of non-ortho nitro benzene ring substituents is 1. The Hall–Kier alpha value is -3.48. The summed E-state index contributed by atoms with van der Waals surface area (Å²) in [6.07, 6.45) is -0.174. The van der Waals surface area contributed by atoms with Gasteiger partial charge >= 0.3 is 5.97 Å². The zero-order chi connectivity index (χ0) is 18.1. The molecule has 0 aliphatic rings. The summed E-state index contributed by atoms with van der Waals surface area (Å²) >= 11 is 0. The van der Waals surface area contributed by atoms with Gasteiger partial charge in [0.2, 0.25) is 0 Å². The molecular formula is C18H15N3O4. The second-order valence-electron chi connectivity index (χ2n) is 5.73. The molecule has 0 unspecified atom stereocenters. The molecule has 0 atom stereocenters. The van der Waals surface area contributed by atoms with E-state index in [9.17, 15) is 14.9 Å². The number of nitro groups is 1. The minimum absolute atomic E-state index is 0.103. The molecule has 2 aromatic carbocycles. The number of aryl methyl sites for hydroxylation is 1. The van der Waals surface area contributed by atoms with Crippen molar-refractivity contribution in [1.82, 2.24) is 4.98 Å². The van der Waals surface area contributed by atoms with Gasteiger partial charge in [-0.15, -0.1) is 0 Å². The largest absolute Gasteiger partial charge is 0.477 e. The lowest BCUT2D eigenvalue weighted by Crippen LogP contribution is -2.14. The van der Waals surface area contributed by atoms with E-state index in [1.165, 1.54) is 6.07 Å². The Balaban J connectivity index is 2.24. The molecule has 126 valence electrons. The molecule has 3 N–H and O–H groups in total. The number of carbonyl (C=O) groups is 1. The number of hydrogen-bond acceptors (Lipinski definition) is 4. The Morgan fingerprint density at radius 1 is 1.24 bits per heavy atom. The molecular weight excluding hydrogens is 322 g/mol. The van der Waals surface area contributed by atoms with E-state index < -0.39 is 16.6 Å². The van der Waals surface area contributed by atoms with Crippen molar-refractivity contribution in [2.45, 2.75) is 13.3 Å². The average Bonchev–Trinajstić information content (AvgIpc) is 2.90. The molecule has 0 radical (unpaired) electrons. The van der Waals surface area contributed by atoms with E-state index in [4.69, 9.17) is 10.5 Å². The van der Waals surface area contributed by atoms with Crippen molar-refractivity contribution >= 4 is 28.3 Å². The number of aromatic amines is 1. The highest BCUT2D eigenvalue weighted by Gasteiger charge is 2.23. The molecule has 0 spiro atoms. The van der Waals surface area contributed by atoms with Gasteiger partial charge in [-0.25, -0.2) is 4.79 Å². The van der Waals surface area contributed by atoms with E-state index >= 15 is 0 Å². The zero-order valence-electron chi connectivity index (χ0n) is 13.4. The number of nitrogens with one attached hydrogen (secondary N) is 2. The Bertz CT molecular complexity index is 1010. The van der Waals surface area contributed by atoms with Crippen molar-refractivity contribution in [2.75, 3.05) is 0 Å². The van der Waals surface area contributed by atoms with Crippen molar-refractivity contribution in [3.63, 3.8) is 0 Å². The summed E-state index contributed by atoms with van der Waals surface area (Å²) in [6, 6.07) is 12.6. The highest BCUT2D eigenvalue weighted by molar-refractivity contribution is 6.35. The van der Waals surface area contributed by atoms with Crippen molar-refractivity contribution in [3.05, 3.63) is 63.8 Å². The van der Waals surface area contributed by atoms with Crippen LogP contribution in [0.4, 0.5) is 5.69 Å². The Morgan fingerprint density at radius 2 is 1.92 bits per heavy atom. The van der Waals surface area contributed by atoms with Gasteiger partial charge in [-0.05, 0) is 29.7 Å². The van der Waals surface area contributed by atoms with Crippen LogP contribution in [0, 0.1) is 22.4 Å². The first-order valence-electron chi connectivity index (χ1n) is 7.54. The first-order chi connectivity index (χ1) is 11.9. The van der Waals surface area contributed by atoms with E-state index in [1.807, 2.05) is 30.3 Å². The molecule has 7 nitrogen and oxygen atoms in total. The van der Waals surface area contributed by atoms with Gasteiger partial charge in [0.05, 0.1) is 15.8 Å². The van der Waals surface area contributed by atoms with E-state index in [2.05, 4.69) is 4.98 Å². The molecule has 0 saturated heterocycles. The number of rotatable bonds is 5. The maximum absolute atomic E-state index is 11.6. The number of carboxylic acid groups (broad SMARTS) is 1. The van der Waals surface area contributed by atoms with Crippen LogP contribution in [0.3, 0.4) is 0 Å². The minimum atomic E-state index is -1.34. The standard InChI is InChI=1S/C18H15N3O4/c1-10-13(9-14(19)18(22)23)17-15(20-10)7-12(8-16(17)21(24)25)11-5-3-2-4-6-11/h2-8,19-20H,9H2,1H3,(H,22,23). The van der Waals surface area contributed by atoms with Crippen molar-refractivity contribution in [2.24, 2.45) is 0 Å². The third kappa shape index (κ3) is 2.99. The molecule has 0 fully saturated rings. The number of fused-ring (bicyclic) bond motifs is 1. The molecule has 1 aromatic heterocycles. The fraction of sp³-hybridized carbons (Fsp3) is 0.111. The second-order valence-corrected chi connectivity index (χ2v) is 5.73. The third-order valence-corrected chi connectivity index (χ3v) is 4.11. The molecule has 0 aliphatic carbocycles. The van der Waals surface area contributed by atoms with E-state index in [0.717, 1.165) is 5.56 Å². The first kappa shape index (κ1) is 16.4. The highest BCUT2D eigenvalue weighted by atomic mass is 16.6. The maximum atomic E-state index is 11.6. The molecule has 3 aromatic rings. The molecule has 0 bridgehead atoms. The number of nitro benzene ring substituents is 1. The van der Waals surface area contributed by atoms with Gasteiger partial charge in [-0.1, -0.05) is 30.3 Å². The third-order valence-electron chi connectivity index (χ3n) is 4.11. The van der Waals surface area contributed by atoms with Crippen LogP contribution in [0.5, 0.6) is 0 Å². The number of H-pyrrole nitrogens is 1. The number of aromatic nitrogens is 1. The normalized spacial score (nSPS) is 10.8. The lowest BCUT2D eigenvalue weighted by atomic mass is 9.99. The van der Waals surface area contributed by atoms with Crippen LogP contribution in [0.25, 0.3) is 22.0 Å². The van der Waals surface area contributed by atoms with E-state index in [1.54, 1.807) is 13.0 Å². The van der Waals surface area contributed by atoms with Crippen LogP contribution < -0.4 is 0 Å². The smallest absolute Gasteiger partial charge is 0.349 e. The van der Waals surface area contributed by atoms with Crippen LogP contribution in [-0.4, -0.2) is 26.7 Å². The van der Waals surface area contributed by atoms with Crippen molar-refractivity contribution in [3.8, 4) is 11.1 Å². The molecule has 0 amide bonds. The Labute approximate surface area is 142 Å². The number of nitrogens with zero attached hydrogens (tertiary/aromatic N) is 1. The van der Waals surface area contributed by atoms with Crippen LogP contribution in [0.1, 0.15) is 11.3 Å². The summed E-state index contributed by atoms with van der Waals surface area (Å²) in [6.45, 7) is 1.72. The number of aliphatic carboxylic acids is 1. The van der Waals surface area contributed by atoms with Gasteiger partial charge in [0.15, 0.2) is 0 Å². The van der Waals surface area contributed by atoms with Gasteiger partial charge in [0.1, 0.15) is 5.71 Å². The number of hydrogen-bond donors (Lipinski definition) is 3. The number of benzene rings is 2. The molecule has 1 heterocycles. The Kier molecular flexibility index (Phi) is 4.06. The topological polar surface area (TPSA) is 120 Å². The molecule has 7 heteroatoms. The van der Waals surface area contributed by atoms with Gasteiger partial charge in [0.25, 0.3) is 5.69 Å². The fourth-order valence-electron chi connectivity index (χ4n) is 2.92. The summed E-state index contributed by atoms with van der Waals surface area (Å²) in [5.74, 6) is -1.34. The first-order valence-corrected chi connectivity index (χ1v) is 7.54. The van der Waals surface area contributed by atoms with E-state index in [0.29, 0.717) is 27.7 Å². The summed E-state index contributed by atoms with van der Waals surface area (Å²) in [5.41, 5.74) is 2.57. The summed E-state index contributed by atoms with van der Waals surface area (Å²) in [5, 5.41) is 28.5. The molecule has 25 heavy (non-hydrogen) atoms. The average molecular weight is 337 g/mol. The minimum Gasteiger partial charge on any atom is -0.477 e. The van der Waals surface area contributed by atoms with E-state index in [-0.39, 0.29) is 12.1 Å². The molecule has 0 saturated carbocycles. The maximum Gasteiger partial charge on any atom is 0.349 e. The van der Waals surface area contributed by atoms with Crippen LogP contribution in [0.15, 0.2) is 42.5 Å². The Morgan fingerprint density at radius 3 is 2.52 bits per heavy atom. The van der Waals surface area contributed by atoms with Crippen LogP contribution in [-0.2, 0) is 11.2 Å². The highest BCUT2D eigenvalue weighted by Crippen LogP contribution is 2.36. The van der Waals surface area contributed by atoms with Crippen LogP contribution in [0.2, 0.25) is 0 Å². The predicted molar refractivity (Wildman–Crippen MR) is 94.2 cm³/mol. The zero-order valence-corrected chi connectivity index (χ0v) is 13.4. The monoisotopic (exact) mass is 337 g/mol. The quantitative estimate of drug-likeness (QED) is 0.373. The SMILES string of the molecule is Cc1[nH]c2cc(-c3ccccc3)cc([N+](=O)[O-])c2c1CC(=N)C(=O)O. The lowest BCUT2D eigenvalue weighted by Gasteiger charge is -2.05. The summed E-state index contributed by atoms with van der Waals surface area (Å²) in [7, 11) is 0. The van der Waals surface area contributed by atoms with Gasteiger partial charge in [0, 0.05) is 18.2 Å². The van der Waals surface area contributed by atoms with Crippen LogP contribution >= 0.6 is 0 Å². The number of carboxylic acids is 1. The summed E-state index contributed by atoms with van der Waals surface area (Å²) in [4.78, 5) is 25.2. The van der Waals surface area contributed by atoms with Gasteiger partial charge in [-0.2, -0.15) is 0 Å².